The van der Waals surface area contributed by atoms with Crippen molar-refractivity contribution in [3.8, 4) is 0 Å². The summed E-state index contributed by atoms with van der Waals surface area (Å²) in [6, 6.07) is 1.57. The Bertz CT molecular complexity index is 456. The lowest BCUT2D eigenvalue weighted by Gasteiger charge is -2.14. The summed E-state index contributed by atoms with van der Waals surface area (Å²) in [5.74, 6) is -1.55. The minimum atomic E-state index is -0.848. The normalized spacial score (nSPS) is 24.0. The van der Waals surface area contributed by atoms with Crippen molar-refractivity contribution in [2.75, 3.05) is 13.1 Å². The number of carboxylic acid groups (broad SMARTS) is 1. The van der Waals surface area contributed by atoms with Crippen LogP contribution in [0, 0.1) is 11.8 Å². The number of halogens is 1. The highest BCUT2D eigenvalue weighted by Gasteiger charge is 2.37. The van der Waals surface area contributed by atoms with E-state index in [1.54, 1.807) is 11.0 Å². The number of hydrogen-bond acceptors (Lipinski definition) is 3. The van der Waals surface area contributed by atoms with E-state index in [9.17, 15) is 9.59 Å². The van der Waals surface area contributed by atoms with Crippen LogP contribution in [0.5, 0.6) is 0 Å². The Morgan fingerprint density at radius 2 is 2.24 bits per heavy atom. The topological polar surface area (TPSA) is 70.8 Å². The maximum Gasteiger partial charge on any atom is 0.308 e. The van der Waals surface area contributed by atoms with Gasteiger partial charge in [0, 0.05) is 13.1 Å². The molecule has 1 aliphatic rings. The highest BCUT2D eigenvalue weighted by Crippen LogP contribution is 2.27. The number of carbonyl (C=O) groups excluding carboxylic acids is 1. The number of carbonyl (C=O) groups is 2. The minimum Gasteiger partial charge on any atom is -0.481 e. The summed E-state index contributed by atoms with van der Waals surface area (Å²) in [6.45, 7) is 2.57. The van der Waals surface area contributed by atoms with Gasteiger partial charge in [-0.15, -0.1) is 0 Å². The predicted molar refractivity (Wildman–Crippen MR) is 62.6 cm³/mol. The molecule has 92 valence electrons. The third-order valence-electron chi connectivity index (χ3n) is 3.07. The number of rotatable bonds is 2. The Morgan fingerprint density at radius 1 is 1.53 bits per heavy atom. The molecule has 1 amide bonds. The van der Waals surface area contributed by atoms with E-state index in [1.807, 2.05) is 6.92 Å². The van der Waals surface area contributed by atoms with E-state index in [0.29, 0.717) is 16.8 Å². The molecule has 1 aliphatic heterocycles. The molecule has 5 nitrogen and oxygen atoms in total. The van der Waals surface area contributed by atoms with Crippen molar-refractivity contribution in [1.29, 1.82) is 0 Å². The zero-order valence-corrected chi connectivity index (χ0v) is 10.8. The molecule has 2 heterocycles. The van der Waals surface area contributed by atoms with Crippen molar-refractivity contribution in [3.63, 3.8) is 0 Å². The van der Waals surface area contributed by atoms with E-state index in [2.05, 4.69) is 15.9 Å². The number of aliphatic carboxylic acids is 1. The van der Waals surface area contributed by atoms with Gasteiger partial charge in [0.1, 0.15) is 0 Å². The van der Waals surface area contributed by atoms with E-state index >= 15 is 0 Å². The van der Waals surface area contributed by atoms with E-state index in [1.165, 1.54) is 6.26 Å². The molecule has 1 aromatic heterocycles. The lowest BCUT2D eigenvalue weighted by molar-refractivity contribution is -0.142. The zero-order valence-electron chi connectivity index (χ0n) is 9.22. The van der Waals surface area contributed by atoms with Crippen LogP contribution in [0.4, 0.5) is 0 Å². The maximum atomic E-state index is 12.1. The van der Waals surface area contributed by atoms with Gasteiger partial charge in [-0.3, -0.25) is 9.59 Å². The molecule has 0 bridgehead atoms. The van der Waals surface area contributed by atoms with Gasteiger partial charge in [0.25, 0.3) is 5.91 Å². The van der Waals surface area contributed by atoms with Gasteiger partial charge in [-0.25, -0.2) is 0 Å². The first-order chi connectivity index (χ1) is 8.00. The first-order valence-corrected chi connectivity index (χ1v) is 6.05. The average molecular weight is 302 g/mol. The molecule has 1 aromatic rings. The smallest absolute Gasteiger partial charge is 0.308 e. The molecule has 2 rings (SSSR count). The summed E-state index contributed by atoms with van der Waals surface area (Å²) < 4.78 is 5.38. The molecule has 1 saturated heterocycles. The molecule has 0 spiro atoms. The van der Waals surface area contributed by atoms with Gasteiger partial charge in [0.2, 0.25) is 0 Å². The van der Waals surface area contributed by atoms with Crippen molar-refractivity contribution in [3.05, 3.63) is 22.6 Å². The number of furan rings is 1. The number of nitrogens with zero attached hydrogens (tertiary/aromatic N) is 1. The first kappa shape index (κ1) is 12.2. The molecule has 6 heteroatoms. The highest BCUT2D eigenvalue weighted by molar-refractivity contribution is 9.10. The second-order valence-electron chi connectivity index (χ2n) is 4.24. The van der Waals surface area contributed by atoms with Crippen molar-refractivity contribution < 1.29 is 19.1 Å². The van der Waals surface area contributed by atoms with Gasteiger partial charge in [0.15, 0.2) is 4.67 Å². The second-order valence-corrected chi connectivity index (χ2v) is 4.96. The Morgan fingerprint density at radius 3 is 2.71 bits per heavy atom. The van der Waals surface area contributed by atoms with Crippen LogP contribution in [0.15, 0.2) is 21.4 Å². The van der Waals surface area contributed by atoms with E-state index < -0.39 is 11.9 Å². The van der Waals surface area contributed by atoms with Gasteiger partial charge >= 0.3 is 5.97 Å². The minimum absolute atomic E-state index is 0.0258. The number of carboxylic acids is 1. The molecule has 0 saturated carbocycles. The summed E-state index contributed by atoms with van der Waals surface area (Å²) >= 11 is 3.14. The van der Waals surface area contributed by atoms with Gasteiger partial charge in [-0.05, 0) is 27.9 Å². The Labute approximate surface area is 107 Å². The molecule has 2 atom stereocenters. The summed E-state index contributed by atoms with van der Waals surface area (Å²) in [7, 11) is 0. The summed E-state index contributed by atoms with van der Waals surface area (Å²) in [5.41, 5.74) is 0.434. The van der Waals surface area contributed by atoms with Gasteiger partial charge < -0.3 is 14.4 Å². The molecule has 2 unspecified atom stereocenters. The van der Waals surface area contributed by atoms with Crippen molar-refractivity contribution in [1.82, 2.24) is 4.90 Å². The van der Waals surface area contributed by atoms with E-state index in [4.69, 9.17) is 9.52 Å². The molecule has 0 aromatic carbocycles. The summed E-state index contributed by atoms with van der Waals surface area (Å²) in [4.78, 5) is 24.6. The monoisotopic (exact) mass is 301 g/mol. The SMILES string of the molecule is CC1CN(C(=O)c2ccoc2Br)CC1C(=O)O. The maximum absolute atomic E-state index is 12.1. The molecular weight excluding hydrogens is 290 g/mol. The summed E-state index contributed by atoms with van der Waals surface area (Å²) in [6.07, 6.45) is 1.42. The molecular formula is C11H12BrNO4. The molecule has 1 fully saturated rings. The van der Waals surface area contributed by atoms with Crippen LogP contribution in [0.25, 0.3) is 0 Å². The quantitative estimate of drug-likeness (QED) is 0.905. The standard InChI is InChI=1S/C11H12BrNO4/c1-6-4-13(5-8(6)11(15)16)10(14)7-2-3-17-9(7)12/h2-3,6,8H,4-5H2,1H3,(H,15,16). The largest absolute Gasteiger partial charge is 0.481 e. The number of hydrogen-bond donors (Lipinski definition) is 1. The average Bonchev–Trinajstić information content (AvgIpc) is 2.83. The van der Waals surface area contributed by atoms with Crippen LogP contribution in [0.2, 0.25) is 0 Å². The van der Waals surface area contributed by atoms with Crippen molar-refractivity contribution in [2.24, 2.45) is 11.8 Å². The van der Waals surface area contributed by atoms with Crippen LogP contribution in [0.1, 0.15) is 17.3 Å². The number of amides is 1. The Kier molecular flexibility index (Phi) is 3.24. The Hall–Kier alpha value is -1.30. The van der Waals surface area contributed by atoms with Crippen LogP contribution >= 0.6 is 15.9 Å². The summed E-state index contributed by atoms with van der Waals surface area (Å²) in [5, 5.41) is 9.00. The van der Waals surface area contributed by atoms with Crippen LogP contribution < -0.4 is 0 Å². The Balaban J connectivity index is 2.13. The lowest BCUT2D eigenvalue weighted by atomic mass is 9.99. The highest BCUT2D eigenvalue weighted by atomic mass is 79.9. The van der Waals surface area contributed by atoms with Gasteiger partial charge in [0.05, 0.1) is 17.7 Å². The van der Waals surface area contributed by atoms with Crippen molar-refractivity contribution >= 4 is 27.8 Å². The molecule has 1 N–H and O–H groups in total. The van der Waals surface area contributed by atoms with E-state index in [0.717, 1.165) is 0 Å². The van der Waals surface area contributed by atoms with Crippen molar-refractivity contribution in [2.45, 2.75) is 6.92 Å². The zero-order chi connectivity index (χ0) is 12.6. The fourth-order valence-electron chi connectivity index (χ4n) is 2.07. The first-order valence-electron chi connectivity index (χ1n) is 5.25. The van der Waals surface area contributed by atoms with Crippen LogP contribution in [-0.2, 0) is 4.79 Å². The number of likely N-dealkylation sites (tertiary alicyclic amines) is 1. The predicted octanol–water partition coefficient (Wildman–Crippen LogP) is 1.83. The third-order valence-corrected chi connectivity index (χ3v) is 3.68. The van der Waals surface area contributed by atoms with Gasteiger partial charge in [-0.1, -0.05) is 6.92 Å². The lowest BCUT2D eigenvalue weighted by Crippen LogP contribution is -2.29. The van der Waals surface area contributed by atoms with Crippen LogP contribution in [-0.4, -0.2) is 35.0 Å². The fourth-order valence-corrected chi connectivity index (χ4v) is 2.48. The van der Waals surface area contributed by atoms with Gasteiger partial charge in [-0.2, -0.15) is 0 Å². The second kappa shape index (κ2) is 4.52. The van der Waals surface area contributed by atoms with Crippen LogP contribution in [0.3, 0.4) is 0 Å². The third kappa shape index (κ3) is 2.22. The fraction of sp³-hybridized carbons (Fsp3) is 0.455. The molecule has 17 heavy (non-hydrogen) atoms. The van der Waals surface area contributed by atoms with E-state index in [-0.39, 0.29) is 18.4 Å². The molecule has 0 radical (unpaired) electrons. The molecule has 0 aliphatic carbocycles.